The highest BCUT2D eigenvalue weighted by Gasteiger charge is 2.43. The quantitative estimate of drug-likeness (QED) is 0.810. The van der Waals surface area contributed by atoms with Crippen molar-refractivity contribution < 1.29 is 18.3 Å². The highest BCUT2D eigenvalue weighted by Crippen LogP contribution is 2.43. The first-order valence-corrected chi connectivity index (χ1v) is 5.88. The summed E-state index contributed by atoms with van der Waals surface area (Å²) in [6, 6.07) is 0. The van der Waals surface area contributed by atoms with Crippen LogP contribution < -0.4 is 0 Å². The number of hydrogen-bond acceptors (Lipinski definition) is 2. The third-order valence-electron chi connectivity index (χ3n) is 3.86. The van der Waals surface area contributed by atoms with Gasteiger partial charge in [0.2, 0.25) is 0 Å². The second-order valence-electron chi connectivity index (χ2n) is 5.18. The monoisotopic (exact) mass is 237 g/mol. The minimum Gasteiger partial charge on any atom is -0.396 e. The SMILES string of the molecule is OCC[C@@H]1CC2CN(CC(F)(F)F)C[C@@H]2C1. The molecule has 2 aliphatic rings. The summed E-state index contributed by atoms with van der Waals surface area (Å²) in [6.07, 6.45) is -1.26. The Labute approximate surface area is 93.4 Å². The Morgan fingerprint density at radius 3 is 2.12 bits per heavy atom. The Balaban J connectivity index is 1.80. The predicted octanol–water partition coefficient (Wildman–Crippen LogP) is 1.89. The Bertz CT molecular complexity index is 230. The van der Waals surface area contributed by atoms with E-state index in [1.165, 1.54) is 4.90 Å². The number of aliphatic hydroxyl groups is 1. The molecule has 1 aliphatic carbocycles. The summed E-state index contributed by atoms with van der Waals surface area (Å²) in [5, 5.41) is 8.84. The van der Waals surface area contributed by atoms with Gasteiger partial charge in [-0.25, -0.2) is 0 Å². The van der Waals surface area contributed by atoms with Crippen LogP contribution in [0.3, 0.4) is 0 Å². The van der Waals surface area contributed by atoms with Crippen LogP contribution in [0, 0.1) is 17.8 Å². The van der Waals surface area contributed by atoms with Crippen LogP contribution in [0.25, 0.3) is 0 Å². The molecule has 0 aromatic heterocycles. The molecule has 0 aromatic carbocycles. The first-order chi connectivity index (χ1) is 7.48. The molecule has 94 valence electrons. The van der Waals surface area contributed by atoms with E-state index >= 15 is 0 Å². The summed E-state index contributed by atoms with van der Waals surface area (Å²) in [6.45, 7) is 0.624. The number of likely N-dealkylation sites (tertiary alicyclic amines) is 1. The van der Waals surface area contributed by atoms with Crippen molar-refractivity contribution in [2.45, 2.75) is 25.4 Å². The van der Waals surface area contributed by atoms with E-state index in [9.17, 15) is 13.2 Å². The van der Waals surface area contributed by atoms with Gasteiger partial charge in [0.05, 0.1) is 6.54 Å². The average molecular weight is 237 g/mol. The Morgan fingerprint density at radius 2 is 1.69 bits per heavy atom. The van der Waals surface area contributed by atoms with Crippen molar-refractivity contribution in [2.75, 3.05) is 26.2 Å². The van der Waals surface area contributed by atoms with Crippen molar-refractivity contribution in [1.82, 2.24) is 4.90 Å². The standard InChI is InChI=1S/C11H18F3NO/c12-11(13,14)7-15-5-9-3-8(1-2-16)4-10(9)6-15/h8-10,16H,1-7H2/t8-,9-,10?/m0/s1. The van der Waals surface area contributed by atoms with Crippen molar-refractivity contribution in [1.29, 1.82) is 0 Å². The van der Waals surface area contributed by atoms with Crippen LogP contribution in [0.15, 0.2) is 0 Å². The summed E-state index contributed by atoms with van der Waals surface area (Å²) in [4.78, 5) is 1.53. The smallest absolute Gasteiger partial charge is 0.396 e. The maximum atomic E-state index is 12.2. The summed E-state index contributed by atoms with van der Waals surface area (Å²) < 4.78 is 36.6. The molecule has 0 aromatic rings. The summed E-state index contributed by atoms with van der Waals surface area (Å²) in [5.41, 5.74) is 0. The van der Waals surface area contributed by atoms with Gasteiger partial charge in [0.1, 0.15) is 0 Å². The van der Waals surface area contributed by atoms with Crippen LogP contribution in [0.2, 0.25) is 0 Å². The lowest BCUT2D eigenvalue weighted by molar-refractivity contribution is -0.144. The average Bonchev–Trinajstić information content (AvgIpc) is 2.58. The third kappa shape index (κ3) is 2.88. The van der Waals surface area contributed by atoms with Gasteiger partial charge in [-0.2, -0.15) is 13.2 Å². The van der Waals surface area contributed by atoms with Gasteiger partial charge in [0.15, 0.2) is 0 Å². The minimum atomic E-state index is -4.07. The Morgan fingerprint density at radius 1 is 1.12 bits per heavy atom. The van der Waals surface area contributed by atoms with E-state index in [1.54, 1.807) is 0 Å². The molecule has 2 fully saturated rings. The molecule has 1 heterocycles. The molecule has 0 amide bonds. The molecule has 1 saturated heterocycles. The maximum absolute atomic E-state index is 12.2. The van der Waals surface area contributed by atoms with Crippen LogP contribution >= 0.6 is 0 Å². The summed E-state index contributed by atoms with van der Waals surface area (Å²) >= 11 is 0. The molecule has 0 radical (unpaired) electrons. The normalized spacial score (nSPS) is 35.6. The molecule has 16 heavy (non-hydrogen) atoms. The Kier molecular flexibility index (Phi) is 3.45. The molecular formula is C11H18F3NO. The maximum Gasteiger partial charge on any atom is 0.401 e. The molecule has 5 heteroatoms. The molecule has 1 unspecified atom stereocenters. The lowest BCUT2D eigenvalue weighted by atomic mass is 10.0. The number of rotatable bonds is 3. The Hall–Kier alpha value is -0.290. The predicted molar refractivity (Wildman–Crippen MR) is 53.9 cm³/mol. The summed E-state index contributed by atoms with van der Waals surface area (Å²) in [7, 11) is 0. The van der Waals surface area contributed by atoms with Gasteiger partial charge in [-0.1, -0.05) is 0 Å². The van der Waals surface area contributed by atoms with E-state index in [-0.39, 0.29) is 6.61 Å². The van der Waals surface area contributed by atoms with Gasteiger partial charge in [-0.15, -0.1) is 0 Å². The molecule has 2 rings (SSSR count). The van der Waals surface area contributed by atoms with Crippen LogP contribution in [0.1, 0.15) is 19.3 Å². The lowest BCUT2D eigenvalue weighted by Crippen LogP contribution is -2.33. The molecule has 0 spiro atoms. The van der Waals surface area contributed by atoms with Gasteiger partial charge in [0.25, 0.3) is 0 Å². The van der Waals surface area contributed by atoms with Gasteiger partial charge >= 0.3 is 6.18 Å². The molecule has 0 bridgehead atoms. The van der Waals surface area contributed by atoms with E-state index in [1.807, 2.05) is 0 Å². The molecule has 1 saturated carbocycles. The first-order valence-electron chi connectivity index (χ1n) is 5.88. The van der Waals surface area contributed by atoms with E-state index in [0.29, 0.717) is 30.8 Å². The van der Waals surface area contributed by atoms with Crippen molar-refractivity contribution in [3.63, 3.8) is 0 Å². The fourth-order valence-corrected chi connectivity index (χ4v) is 3.32. The number of nitrogens with zero attached hydrogens (tertiary/aromatic N) is 1. The van der Waals surface area contributed by atoms with Crippen molar-refractivity contribution >= 4 is 0 Å². The molecule has 1 aliphatic heterocycles. The number of hydrogen-bond donors (Lipinski definition) is 1. The lowest BCUT2D eigenvalue weighted by Gasteiger charge is -2.19. The van der Waals surface area contributed by atoms with E-state index < -0.39 is 12.7 Å². The van der Waals surface area contributed by atoms with Crippen LogP contribution in [0.5, 0.6) is 0 Å². The number of fused-ring (bicyclic) bond motifs is 1. The number of aliphatic hydroxyl groups excluding tert-OH is 1. The van der Waals surface area contributed by atoms with Gasteiger partial charge in [-0.05, 0) is 37.0 Å². The van der Waals surface area contributed by atoms with E-state index in [0.717, 1.165) is 19.3 Å². The number of alkyl halides is 3. The van der Waals surface area contributed by atoms with Crippen molar-refractivity contribution in [2.24, 2.45) is 17.8 Å². The summed E-state index contributed by atoms with van der Waals surface area (Å²) in [5.74, 6) is 1.39. The topological polar surface area (TPSA) is 23.5 Å². The number of halogens is 3. The molecule has 2 nitrogen and oxygen atoms in total. The van der Waals surface area contributed by atoms with Gasteiger partial charge < -0.3 is 5.11 Å². The molecular weight excluding hydrogens is 219 g/mol. The highest BCUT2D eigenvalue weighted by molar-refractivity contribution is 4.92. The largest absolute Gasteiger partial charge is 0.401 e. The van der Waals surface area contributed by atoms with Crippen molar-refractivity contribution in [3.8, 4) is 0 Å². The second kappa shape index (κ2) is 4.53. The fraction of sp³-hybridized carbons (Fsp3) is 1.00. The van der Waals surface area contributed by atoms with E-state index in [2.05, 4.69) is 0 Å². The van der Waals surface area contributed by atoms with E-state index in [4.69, 9.17) is 5.11 Å². The fourth-order valence-electron chi connectivity index (χ4n) is 3.32. The zero-order chi connectivity index (χ0) is 11.8. The minimum absolute atomic E-state index is 0.205. The van der Waals surface area contributed by atoms with Crippen LogP contribution in [0.4, 0.5) is 13.2 Å². The van der Waals surface area contributed by atoms with Gasteiger partial charge in [-0.3, -0.25) is 4.90 Å². The molecule has 1 N–H and O–H groups in total. The zero-order valence-electron chi connectivity index (χ0n) is 9.21. The molecule has 3 atom stereocenters. The van der Waals surface area contributed by atoms with Crippen LogP contribution in [-0.2, 0) is 0 Å². The third-order valence-corrected chi connectivity index (χ3v) is 3.86. The second-order valence-corrected chi connectivity index (χ2v) is 5.18. The highest BCUT2D eigenvalue weighted by atomic mass is 19.4. The first kappa shape index (κ1) is 12.2. The van der Waals surface area contributed by atoms with Crippen LogP contribution in [-0.4, -0.2) is 42.4 Å². The zero-order valence-corrected chi connectivity index (χ0v) is 9.21. The van der Waals surface area contributed by atoms with Crippen molar-refractivity contribution in [3.05, 3.63) is 0 Å². The van der Waals surface area contributed by atoms with Gasteiger partial charge in [0, 0.05) is 19.7 Å².